The molecule has 1 aromatic carbocycles. The van der Waals surface area contributed by atoms with Crippen LogP contribution in [0.25, 0.3) is 0 Å². The molecule has 8 heteroatoms. The van der Waals surface area contributed by atoms with Crippen molar-refractivity contribution >= 4 is 11.9 Å². The summed E-state index contributed by atoms with van der Waals surface area (Å²) in [5, 5.41) is 32.0. The maximum Gasteiger partial charge on any atom is 0.336 e. The number of carboxylic acid groups (broad SMARTS) is 1. The van der Waals surface area contributed by atoms with Crippen LogP contribution in [0.15, 0.2) is 12.1 Å². The van der Waals surface area contributed by atoms with Gasteiger partial charge in [-0.15, -0.1) is 0 Å². The number of amides is 1. The van der Waals surface area contributed by atoms with E-state index >= 15 is 0 Å². The lowest BCUT2D eigenvalue weighted by Gasteiger charge is -2.21. The summed E-state index contributed by atoms with van der Waals surface area (Å²) < 4.78 is 10.1. The van der Waals surface area contributed by atoms with Crippen LogP contribution in [0.4, 0.5) is 0 Å². The molecule has 0 saturated carbocycles. The van der Waals surface area contributed by atoms with Gasteiger partial charge < -0.3 is 30.1 Å². The highest BCUT2D eigenvalue weighted by Gasteiger charge is 2.26. The normalized spacial score (nSPS) is 13.1. The van der Waals surface area contributed by atoms with Crippen molar-refractivity contribution in [2.75, 3.05) is 20.8 Å². The second kappa shape index (κ2) is 8.35. The number of methoxy groups -OCH3 is 2. The molecule has 128 valence electrons. The fourth-order valence-corrected chi connectivity index (χ4v) is 2.09. The second-order valence-electron chi connectivity index (χ2n) is 4.88. The lowest BCUT2D eigenvalue weighted by atomic mass is 9.96. The summed E-state index contributed by atoms with van der Waals surface area (Å²) in [6.07, 6.45) is -2.64. The van der Waals surface area contributed by atoms with Gasteiger partial charge in [0.15, 0.2) is 11.5 Å². The summed E-state index contributed by atoms with van der Waals surface area (Å²) in [7, 11) is 2.74. The van der Waals surface area contributed by atoms with Gasteiger partial charge in [0.25, 0.3) is 0 Å². The lowest BCUT2D eigenvalue weighted by molar-refractivity contribution is -0.119. The highest BCUT2D eigenvalue weighted by Crippen LogP contribution is 2.34. The van der Waals surface area contributed by atoms with E-state index in [2.05, 4.69) is 5.32 Å². The molecule has 0 aliphatic rings. The molecule has 1 amide bonds. The van der Waals surface area contributed by atoms with Gasteiger partial charge in [0, 0.05) is 19.0 Å². The molecular formula is C15H21NO7. The Kier molecular flexibility index (Phi) is 6.80. The lowest BCUT2D eigenvalue weighted by Crippen LogP contribution is -2.28. The highest BCUT2D eigenvalue weighted by molar-refractivity contribution is 5.90. The first kappa shape index (κ1) is 18.7. The monoisotopic (exact) mass is 327 g/mol. The third kappa shape index (κ3) is 4.83. The van der Waals surface area contributed by atoms with Gasteiger partial charge in [-0.05, 0) is 18.6 Å². The van der Waals surface area contributed by atoms with Crippen molar-refractivity contribution in [1.29, 1.82) is 0 Å². The van der Waals surface area contributed by atoms with Gasteiger partial charge in [0.1, 0.15) is 6.10 Å². The Balaban J connectivity index is 3.08. The number of hydrogen-bond acceptors (Lipinski definition) is 6. The van der Waals surface area contributed by atoms with E-state index in [-0.39, 0.29) is 41.5 Å². The molecule has 1 rings (SSSR count). The SMILES string of the molecule is COc1cc(C(=O)O)c(C(O)C(O)CCNC(C)=O)cc1OC. The minimum Gasteiger partial charge on any atom is -0.493 e. The molecule has 0 fully saturated rings. The largest absolute Gasteiger partial charge is 0.493 e. The number of aliphatic hydroxyl groups excluding tert-OH is 2. The van der Waals surface area contributed by atoms with Crippen molar-refractivity contribution in [2.45, 2.75) is 25.6 Å². The number of carbonyl (C=O) groups is 2. The number of hydrogen-bond donors (Lipinski definition) is 4. The van der Waals surface area contributed by atoms with Crippen molar-refractivity contribution in [3.63, 3.8) is 0 Å². The smallest absolute Gasteiger partial charge is 0.336 e. The van der Waals surface area contributed by atoms with Crippen LogP contribution >= 0.6 is 0 Å². The van der Waals surface area contributed by atoms with Crippen LogP contribution in [0.5, 0.6) is 11.5 Å². The number of rotatable bonds is 8. The number of ether oxygens (including phenoxy) is 2. The summed E-state index contributed by atoms with van der Waals surface area (Å²) in [6, 6.07) is 2.54. The molecule has 0 aromatic heterocycles. The molecule has 0 heterocycles. The first-order valence-corrected chi connectivity index (χ1v) is 6.91. The van der Waals surface area contributed by atoms with Crippen LogP contribution in [0.1, 0.15) is 35.4 Å². The van der Waals surface area contributed by atoms with E-state index in [4.69, 9.17) is 9.47 Å². The molecule has 4 N–H and O–H groups in total. The second-order valence-corrected chi connectivity index (χ2v) is 4.88. The summed E-state index contributed by atoms with van der Waals surface area (Å²) in [4.78, 5) is 22.2. The van der Waals surface area contributed by atoms with E-state index in [1.54, 1.807) is 0 Å². The summed E-state index contributed by atoms with van der Waals surface area (Å²) in [6.45, 7) is 1.49. The van der Waals surface area contributed by atoms with Crippen molar-refractivity contribution in [1.82, 2.24) is 5.32 Å². The zero-order chi connectivity index (χ0) is 17.6. The van der Waals surface area contributed by atoms with Crippen LogP contribution in [-0.4, -0.2) is 54.1 Å². The molecule has 23 heavy (non-hydrogen) atoms. The maximum atomic E-state index is 11.4. The number of nitrogens with one attached hydrogen (secondary N) is 1. The first-order valence-electron chi connectivity index (χ1n) is 6.91. The average molecular weight is 327 g/mol. The molecule has 2 unspecified atom stereocenters. The van der Waals surface area contributed by atoms with Gasteiger partial charge in [-0.25, -0.2) is 4.79 Å². The fourth-order valence-electron chi connectivity index (χ4n) is 2.09. The van der Waals surface area contributed by atoms with Crippen LogP contribution in [-0.2, 0) is 4.79 Å². The molecule has 2 atom stereocenters. The van der Waals surface area contributed by atoms with E-state index in [1.807, 2.05) is 0 Å². The van der Waals surface area contributed by atoms with Crippen LogP contribution in [0.3, 0.4) is 0 Å². The van der Waals surface area contributed by atoms with E-state index in [0.717, 1.165) is 0 Å². The van der Waals surface area contributed by atoms with Crippen LogP contribution in [0, 0.1) is 0 Å². The Morgan fingerprint density at radius 3 is 2.22 bits per heavy atom. The zero-order valence-electron chi connectivity index (χ0n) is 13.2. The first-order chi connectivity index (χ1) is 10.8. The fraction of sp³-hybridized carbons (Fsp3) is 0.467. The van der Waals surface area contributed by atoms with Crippen LogP contribution < -0.4 is 14.8 Å². The number of aliphatic hydroxyl groups is 2. The predicted octanol–water partition coefficient (Wildman–Crippen LogP) is 0.322. The quantitative estimate of drug-likeness (QED) is 0.542. The molecule has 0 aliphatic heterocycles. The van der Waals surface area contributed by atoms with Gasteiger partial charge in [-0.3, -0.25) is 4.79 Å². The Labute approximate surface area is 133 Å². The van der Waals surface area contributed by atoms with E-state index < -0.39 is 18.2 Å². The Morgan fingerprint density at radius 2 is 1.74 bits per heavy atom. The Hall–Kier alpha value is -2.32. The van der Waals surface area contributed by atoms with Crippen molar-refractivity contribution in [3.05, 3.63) is 23.3 Å². The Bertz CT molecular complexity index is 573. The molecule has 0 radical (unpaired) electrons. The summed E-state index contributed by atoms with van der Waals surface area (Å²) in [5.74, 6) is -1.09. The van der Waals surface area contributed by atoms with E-state index in [0.29, 0.717) is 0 Å². The van der Waals surface area contributed by atoms with Crippen LogP contribution in [0.2, 0.25) is 0 Å². The van der Waals surface area contributed by atoms with Crippen molar-refractivity contribution in [3.8, 4) is 11.5 Å². The molecule has 0 saturated heterocycles. The minimum atomic E-state index is -1.45. The third-order valence-corrected chi connectivity index (χ3v) is 3.28. The third-order valence-electron chi connectivity index (χ3n) is 3.28. The average Bonchev–Trinajstić information content (AvgIpc) is 2.52. The van der Waals surface area contributed by atoms with Gasteiger partial charge >= 0.3 is 5.97 Å². The topological polar surface area (TPSA) is 125 Å². The number of carbonyl (C=O) groups excluding carboxylic acids is 1. The van der Waals surface area contributed by atoms with E-state index in [1.165, 1.54) is 33.3 Å². The predicted molar refractivity (Wildman–Crippen MR) is 80.8 cm³/mol. The van der Waals surface area contributed by atoms with E-state index in [9.17, 15) is 24.9 Å². The number of benzene rings is 1. The van der Waals surface area contributed by atoms with Crippen molar-refractivity contribution in [2.24, 2.45) is 0 Å². The summed E-state index contributed by atoms with van der Waals surface area (Å²) >= 11 is 0. The standard InChI is InChI=1S/C15H21NO7/c1-8(17)16-5-4-11(18)14(19)9-6-12(22-2)13(23-3)7-10(9)15(20)21/h6-7,11,14,18-19H,4-5H2,1-3H3,(H,16,17)(H,20,21). The van der Waals surface area contributed by atoms with Gasteiger partial charge in [0.2, 0.25) is 5.91 Å². The maximum absolute atomic E-state index is 11.4. The highest BCUT2D eigenvalue weighted by atomic mass is 16.5. The Morgan fingerprint density at radius 1 is 1.17 bits per heavy atom. The van der Waals surface area contributed by atoms with Gasteiger partial charge in [-0.1, -0.05) is 0 Å². The molecular weight excluding hydrogens is 306 g/mol. The minimum absolute atomic E-state index is 0.00507. The number of carboxylic acids is 1. The molecule has 8 nitrogen and oxygen atoms in total. The molecule has 0 aliphatic carbocycles. The molecule has 0 bridgehead atoms. The van der Waals surface area contributed by atoms with Gasteiger partial charge in [-0.2, -0.15) is 0 Å². The molecule has 0 spiro atoms. The zero-order valence-corrected chi connectivity index (χ0v) is 13.2. The summed E-state index contributed by atoms with van der Waals surface area (Å²) in [5.41, 5.74) is -0.195. The number of aromatic carboxylic acids is 1. The van der Waals surface area contributed by atoms with Crippen molar-refractivity contribution < 1.29 is 34.4 Å². The molecule has 1 aromatic rings. The van der Waals surface area contributed by atoms with Gasteiger partial charge in [0.05, 0.1) is 25.9 Å².